The van der Waals surface area contributed by atoms with E-state index < -0.39 is 41.6 Å². The monoisotopic (exact) mass is 498 g/mol. The maximum Gasteiger partial charge on any atom is 0.309 e. The first-order chi connectivity index (χ1) is 13.9. The minimum atomic E-state index is -2.11. The predicted molar refractivity (Wildman–Crippen MR) is 141 cm³/mol. The number of esters is 1. The normalized spacial score (nSPS) is 16.1. The second-order valence-corrected chi connectivity index (χ2v) is 51.1. The van der Waals surface area contributed by atoms with Gasteiger partial charge in [-0.25, -0.2) is 0 Å². The van der Waals surface area contributed by atoms with Crippen molar-refractivity contribution >= 4 is 35.6 Å². The third-order valence-electron chi connectivity index (χ3n) is 6.13. The Morgan fingerprint density at radius 3 is 1.77 bits per heavy atom. The third-order valence-corrected chi connectivity index (χ3v) is 73.7. The van der Waals surface area contributed by atoms with Gasteiger partial charge in [-0.3, -0.25) is 4.79 Å². The maximum absolute atomic E-state index is 14.2. The molecule has 176 valence electrons. The quantitative estimate of drug-likeness (QED) is 0.195. The van der Waals surface area contributed by atoms with Crippen LogP contribution in [0.2, 0.25) is 58.9 Å². The summed E-state index contributed by atoms with van der Waals surface area (Å²) in [6.45, 7) is 23.6. The lowest BCUT2D eigenvalue weighted by molar-refractivity contribution is -0.139. The van der Waals surface area contributed by atoms with Gasteiger partial charge < -0.3 is 9.16 Å². The average Bonchev–Trinajstić information content (AvgIpc) is 2.58. The Kier molecular flexibility index (Phi) is 9.48. The number of carbonyl (C=O) groups excluding carboxylic acids is 1. The number of rotatable bonds is 10. The molecule has 0 aromatic heterocycles. The first-order valence-corrected chi connectivity index (χ1v) is 26.6. The lowest BCUT2D eigenvalue weighted by Crippen LogP contribution is -2.85. The van der Waals surface area contributed by atoms with Gasteiger partial charge in [-0.05, 0) is 18.1 Å². The lowest BCUT2D eigenvalue weighted by atomic mass is 9.93. The molecule has 0 spiro atoms. The highest BCUT2D eigenvalue weighted by Crippen LogP contribution is 2.41. The van der Waals surface area contributed by atoms with Gasteiger partial charge in [-0.1, -0.05) is 96.2 Å². The predicted octanol–water partition coefficient (Wildman–Crippen LogP) is 7.13. The number of hydrogen-bond acceptors (Lipinski definition) is 3. The van der Waals surface area contributed by atoms with Gasteiger partial charge in [0, 0.05) is 12.8 Å². The molecule has 0 bridgehead atoms. The van der Waals surface area contributed by atoms with Crippen LogP contribution in [0.4, 0.5) is 4.39 Å². The zero-order valence-corrected chi connectivity index (χ0v) is 25.4. The fourth-order valence-electron chi connectivity index (χ4n) is 5.85. The van der Waals surface area contributed by atoms with Crippen molar-refractivity contribution in [2.45, 2.75) is 91.2 Å². The van der Waals surface area contributed by atoms with Crippen LogP contribution in [0.15, 0.2) is 42.4 Å². The Morgan fingerprint density at radius 1 is 0.935 bits per heavy atom. The number of halogens is 1. The summed E-state index contributed by atoms with van der Waals surface area (Å²) in [6.07, 6.45) is 1.63. The van der Waals surface area contributed by atoms with Crippen molar-refractivity contribution in [3.8, 4) is 0 Å². The SMILES string of the molecule is CC(=O)O/C(F)=C\C[C@@H](O[Si]([Si](C)(C)C)([Si](C)(C)C)[Si](C)(C)C)[C@H](C)c1ccccc1. The summed E-state index contributed by atoms with van der Waals surface area (Å²) in [5.74, 6) is -0.532. The molecule has 0 fully saturated rings. The van der Waals surface area contributed by atoms with Crippen molar-refractivity contribution in [1.29, 1.82) is 0 Å². The Labute approximate surface area is 193 Å². The van der Waals surface area contributed by atoms with E-state index in [2.05, 4.69) is 82.7 Å². The first kappa shape index (κ1) is 28.2. The molecule has 1 aromatic rings. The molecule has 31 heavy (non-hydrogen) atoms. The molecule has 0 aliphatic rings. The summed E-state index contributed by atoms with van der Waals surface area (Å²) in [7, 11) is -4.98. The molecule has 0 unspecified atom stereocenters. The molecule has 0 aliphatic heterocycles. The van der Waals surface area contributed by atoms with Gasteiger partial charge in [0.05, 0.1) is 28.9 Å². The number of ether oxygens (including phenoxy) is 1. The van der Waals surface area contributed by atoms with E-state index in [-0.39, 0.29) is 12.0 Å². The largest absolute Gasteiger partial charge is 0.422 e. The lowest BCUT2D eigenvalue weighted by Gasteiger charge is -2.58. The summed E-state index contributed by atoms with van der Waals surface area (Å²) in [4.78, 5) is 11.2. The van der Waals surface area contributed by atoms with E-state index in [1.165, 1.54) is 18.6 Å². The molecule has 0 radical (unpaired) electrons. The molecule has 0 saturated heterocycles. The van der Waals surface area contributed by atoms with Crippen LogP contribution in [0, 0.1) is 0 Å². The van der Waals surface area contributed by atoms with Crippen molar-refractivity contribution in [2.75, 3.05) is 0 Å². The number of benzene rings is 1. The average molecular weight is 499 g/mol. The first-order valence-electron chi connectivity index (χ1n) is 11.2. The van der Waals surface area contributed by atoms with Crippen LogP contribution in [0.25, 0.3) is 0 Å². The number of carbonyl (C=O) groups is 1. The van der Waals surface area contributed by atoms with Crippen molar-refractivity contribution in [3.05, 3.63) is 48.0 Å². The molecule has 0 amide bonds. The Morgan fingerprint density at radius 2 is 1.39 bits per heavy atom. The van der Waals surface area contributed by atoms with Gasteiger partial charge in [0.15, 0.2) is 6.87 Å². The second-order valence-electron chi connectivity index (χ2n) is 11.6. The van der Waals surface area contributed by atoms with Crippen LogP contribution in [-0.4, -0.2) is 41.7 Å². The summed E-state index contributed by atoms with van der Waals surface area (Å²) >= 11 is 0. The molecule has 0 N–H and O–H groups in total. The zero-order valence-electron chi connectivity index (χ0n) is 21.4. The Balaban J connectivity index is 3.55. The van der Waals surface area contributed by atoms with Crippen molar-refractivity contribution in [2.24, 2.45) is 0 Å². The topological polar surface area (TPSA) is 35.5 Å². The summed E-state index contributed by atoms with van der Waals surface area (Å²) in [6, 6.07) is 9.50. The molecule has 1 aromatic carbocycles. The molecule has 1 rings (SSSR count). The van der Waals surface area contributed by atoms with Crippen molar-refractivity contribution in [1.82, 2.24) is 0 Å². The molecule has 0 heterocycles. The second kappa shape index (κ2) is 10.4. The molecule has 3 nitrogen and oxygen atoms in total. The van der Waals surface area contributed by atoms with Crippen LogP contribution in [0.1, 0.15) is 31.7 Å². The zero-order chi connectivity index (χ0) is 24.3. The standard InChI is InChI=1S/C23H43FO3Si4/c1-19(21-15-13-12-14-16-21)22(17-18-23(24)26-20(2)25)27-31(28(3,4)5,29(6,7)8)30(9,10)11/h12-16,18-19,22H,17H2,1-11H3/b23-18-/t19-,22-/m1/s1. The van der Waals surface area contributed by atoms with E-state index in [1.807, 2.05) is 18.2 Å². The minimum Gasteiger partial charge on any atom is -0.422 e. The van der Waals surface area contributed by atoms with Gasteiger partial charge in [0.1, 0.15) is 0 Å². The Bertz CT molecular complexity index is 726. The molecular weight excluding hydrogens is 456 g/mol. The third kappa shape index (κ3) is 6.83. The van der Waals surface area contributed by atoms with E-state index in [9.17, 15) is 9.18 Å². The maximum atomic E-state index is 14.2. The van der Waals surface area contributed by atoms with E-state index in [0.29, 0.717) is 6.42 Å². The molecular formula is C23H43FO3Si4. The number of hydrogen-bond donors (Lipinski definition) is 0. The van der Waals surface area contributed by atoms with E-state index in [1.54, 1.807) is 0 Å². The summed E-state index contributed by atoms with van der Waals surface area (Å²) < 4.78 is 26.3. The van der Waals surface area contributed by atoms with Crippen molar-refractivity contribution < 1.29 is 18.3 Å². The van der Waals surface area contributed by atoms with Crippen LogP contribution in [0.3, 0.4) is 0 Å². The molecule has 0 saturated carbocycles. The summed E-state index contributed by atoms with van der Waals surface area (Å²) in [5.41, 5.74) is 1.19. The fraction of sp³-hybridized carbons (Fsp3) is 0.609. The fourth-order valence-corrected chi connectivity index (χ4v) is 100.0. The van der Waals surface area contributed by atoms with Crippen molar-refractivity contribution in [3.63, 3.8) is 0 Å². The van der Waals surface area contributed by atoms with Crippen LogP contribution in [0.5, 0.6) is 0 Å². The molecule has 8 heteroatoms. The summed E-state index contributed by atoms with van der Waals surface area (Å²) in [5, 5.41) is 0. The van der Waals surface area contributed by atoms with Gasteiger partial charge in [-0.15, -0.1) is 0 Å². The van der Waals surface area contributed by atoms with Crippen LogP contribution >= 0.6 is 0 Å². The highest BCUT2D eigenvalue weighted by atomic mass is 29.9. The van der Waals surface area contributed by atoms with E-state index >= 15 is 0 Å². The van der Waals surface area contributed by atoms with E-state index in [4.69, 9.17) is 4.43 Å². The van der Waals surface area contributed by atoms with Gasteiger partial charge in [0.2, 0.25) is 0 Å². The van der Waals surface area contributed by atoms with Crippen LogP contribution < -0.4 is 0 Å². The van der Waals surface area contributed by atoms with Gasteiger partial charge in [0.25, 0.3) is 6.01 Å². The minimum absolute atomic E-state index is 0.110. The van der Waals surface area contributed by atoms with E-state index in [0.717, 1.165) is 0 Å². The van der Waals surface area contributed by atoms with Crippen LogP contribution in [-0.2, 0) is 14.0 Å². The highest BCUT2D eigenvalue weighted by Gasteiger charge is 2.64. The Hall–Kier alpha value is -0.812. The molecule has 0 aliphatic carbocycles. The molecule has 2 atom stereocenters. The van der Waals surface area contributed by atoms with Gasteiger partial charge >= 0.3 is 5.97 Å². The highest BCUT2D eigenvalue weighted by molar-refractivity contribution is 7.87. The smallest absolute Gasteiger partial charge is 0.309 e. The van der Waals surface area contributed by atoms with Gasteiger partial charge in [-0.2, -0.15) is 4.39 Å².